The third-order valence-corrected chi connectivity index (χ3v) is 6.76. The van der Waals surface area contributed by atoms with Crippen LogP contribution >= 0.6 is 0 Å². The number of phenolic OH excluding ortho intramolecular Hbond substituents is 2. The van der Waals surface area contributed by atoms with Gasteiger partial charge in [0.2, 0.25) is 5.78 Å². The number of aliphatic hydroxyl groups excluding tert-OH is 1. The van der Waals surface area contributed by atoms with E-state index >= 15 is 0 Å². The highest BCUT2D eigenvalue weighted by Crippen LogP contribution is 2.50. The zero-order valence-electron chi connectivity index (χ0n) is 18.5. The van der Waals surface area contributed by atoms with Gasteiger partial charge in [-0.15, -0.1) is 0 Å². The maximum Gasteiger partial charge on any atom is 0.202 e. The van der Waals surface area contributed by atoms with Crippen molar-refractivity contribution in [2.45, 2.75) is 63.6 Å². The summed E-state index contributed by atoms with van der Waals surface area (Å²) in [6.07, 6.45) is 0.501. The van der Waals surface area contributed by atoms with E-state index in [1.807, 2.05) is 6.92 Å². The van der Waals surface area contributed by atoms with Crippen LogP contribution in [0.5, 0.6) is 17.2 Å². The molecule has 2 aromatic rings. The van der Waals surface area contributed by atoms with E-state index < -0.39 is 41.6 Å². The van der Waals surface area contributed by atoms with Gasteiger partial charge in [-0.05, 0) is 32.3 Å². The highest BCUT2D eigenvalue weighted by molar-refractivity contribution is 6.31. The Hall–Kier alpha value is -2.94. The second kappa shape index (κ2) is 8.13. The van der Waals surface area contributed by atoms with Crippen LogP contribution < -0.4 is 4.74 Å². The van der Waals surface area contributed by atoms with Gasteiger partial charge < -0.3 is 29.5 Å². The highest BCUT2D eigenvalue weighted by Gasteiger charge is 2.43. The number of carbonyl (C=O) groups excluding carboxylic acids is 2. The molecule has 0 bridgehead atoms. The van der Waals surface area contributed by atoms with E-state index in [1.165, 1.54) is 13.2 Å². The molecule has 0 spiro atoms. The fourth-order valence-electron chi connectivity index (χ4n) is 5.23. The van der Waals surface area contributed by atoms with Gasteiger partial charge in [0.05, 0.1) is 42.1 Å². The van der Waals surface area contributed by atoms with E-state index in [1.54, 1.807) is 12.1 Å². The Balaban J connectivity index is 1.66. The second-order valence-corrected chi connectivity index (χ2v) is 8.91. The minimum Gasteiger partial charge on any atom is -0.507 e. The van der Waals surface area contributed by atoms with Crippen molar-refractivity contribution in [3.05, 3.63) is 51.6 Å². The summed E-state index contributed by atoms with van der Waals surface area (Å²) < 4.78 is 17.3. The molecule has 8 nitrogen and oxygen atoms in total. The summed E-state index contributed by atoms with van der Waals surface area (Å²) in [5.74, 6) is -1.81. The van der Waals surface area contributed by atoms with Gasteiger partial charge in [-0.3, -0.25) is 9.59 Å². The van der Waals surface area contributed by atoms with Gasteiger partial charge in [0.15, 0.2) is 12.1 Å². The molecule has 0 amide bonds. The third-order valence-electron chi connectivity index (χ3n) is 6.76. The molecule has 3 N–H and O–H groups in total. The predicted octanol–water partition coefficient (Wildman–Crippen LogP) is 3.16. The van der Waals surface area contributed by atoms with Gasteiger partial charge in [0.1, 0.15) is 17.2 Å². The number of carbonyl (C=O) groups is 2. The Morgan fingerprint density at radius 2 is 1.79 bits per heavy atom. The van der Waals surface area contributed by atoms with Crippen LogP contribution in [-0.2, 0) is 15.9 Å². The zero-order valence-corrected chi connectivity index (χ0v) is 18.5. The van der Waals surface area contributed by atoms with E-state index in [9.17, 15) is 24.9 Å². The van der Waals surface area contributed by atoms with Crippen molar-refractivity contribution in [2.24, 2.45) is 0 Å². The second-order valence-electron chi connectivity index (χ2n) is 8.91. The lowest BCUT2D eigenvalue weighted by atomic mass is 9.76. The molecule has 5 rings (SSSR count). The summed E-state index contributed by atoms with van der Waals surface area (Å²) in [5, 5.41) is 32.9. The number of phenols is 2. The van der Waals surface area contributed by atoms with E-state index in [0.717, 1.165) is 12.8 Å². The Labute approximate surface area is 190 Å². The van der Waals surface area contributed by atoms with Gasteiger partial charge in [0, 0.05) is 29.5 Å². The largest absolute Gasteiger partial charge is 0.507 e. The summed E-state index contributed by atoms with van der Waals surface area (Å²) in [4.78, 5) is 26.8. The summed E-state index contributed by atoms with van der Waals surface area (Å²) in [5.41, 5.74) is 0.0490. The quantitative estimate of drug-likeness (QED) is 0.516. The topological polar surface area (TPSA) is 123 Å². The Morgan fingerprint density at radius 1 is 1.03 bits per heavy atom. The van der Waals surface area contributed by atoms with Crippen LogP contribution in [-0.4, -0.2) is 52.5 Å². The van der Waals surface area contributed by atoms with E-state index in [2.05, 4.69) is 0 Å². The van der Waals surface area contributed by atoms with Crippen molar-refractivity contribution in [3.8, 4) is 17.2 Å². The van der Waals surface area contributed by atoms with Crippen molar-refractivity contribution in [3.63, 3.8) is 0 Å². The van der Waals surface area contributed by atoms with E-state index in [0.29, 0.717) is 6.42 Å². The fourth-order valence-corrected chi connectivity index (χ4v) is 5.23. The minimum atomic E-state index is -0.853. The molecule has 174 valence electrons. The van der Waals surface area contributed by atoms with Crippen molar-refractivity contribution in [2.75, 3.05) is 7.11 Å². The summed E-state index contributed by atoms with van der Waals surface area (Å²) >= 11 is 0. The van der Waals surface area contributed by atoms with Crippen LogP contribution in [0, 0.1) is 0 Å². The lowest BCUT2D eigenvalue weighted by Crippen LogP contribution is -2.33. The first-order valence-electron chi connectivity index (χ1n) is 11.2. The molecule has 3 aliphatic rings. The summed E-state index contributed by atoms with van der Waals surface area (Å²) in [7, 11) is 1.39. The van der Waals surface area contributed by atoms with Gasteiger partial charge in [-0.1, -0.05) is 12.1 Å². The third kappa shape index (κ3) is 3.40. The first-order valence-corrected chi connectivity index (χ1v) is 11.2. The monoisotopic (exact) mass is 454 g/mol. The van der Waals surface area contributed by atoms with Gasteiger partial charge in [-0.2, -0.15) is 0 Å². The van der Waals surface area contributed by atoms with Crippen molar-refractivity contribution < 1.29 is 39.1 Å². The molecule has 1 aliphatic heterocycles. The smallest absolute Gasteiger partial charge is 0.202 e. The van der Waals surface area contributed by atoms with Crippen LogP contribution in [0.4, 0.5) is 0 Å². The molecule has 0 saturated carbocycles. The molecule has 0 aromatic heterocycles. The normalized spacial score (nSPS) is 26.4. The predicted molar refractivity (Wildman–Crippen MR) is 116 cm³/mol. The highest BCUT2D eigenvalue weighted by atomic mass is 16.7. The number of aromatic hydroxyl groups is 2. The average molecular weight is 454 g/mol. The van der Waals surface area contributed by atoms with Crippen molar-refractivity contribution in [1.82, 2.24) is 0 Å². The Kier molecular flexibility index (Phi) is 5.39. The number of rotatable bonds is 3. The molecule has 33 heavy (non-hydrogen) atoms. The first kappa shape index (κ1) is 21.9. The molecular formula is C25H26O8. The number of methoxy groups -OCH3 is 1. The summed E-state index contributed by atoms with van der Waals surface area (Å²) in [6.45, 7) is 1.95. The number of aliphatic hydroxyl groups is 1. The average Bonchev–Trinajstić information content (AvgIpc) is 2.79. The summed E-state index contributed by atoms with van der Waals surface area (Å²) in [6, 6.07) is 4.63. The Morgan fingerprint density at radius 3 is 2.52 bits per heavy atom. The van der Waals surface area contributed by atoms with Crippen LogP contribution in [0.15, 0.2) is 18.2 Å². The molecular weight excluding hydrogens is 428 g/mol. The molecule has 1 saturated heterocycles. The zero-order chi connectivity index (χ0) is 23.4. The number of hydrogen-bond donors (Lipinski definition) is 3. The number of ketones is 2. The molecule has 0 radical (unpaired) electrons. The fraction of sp³-hybridized carbons (Fsp3) is 0.440. The lowest BCUT2D eigenvalue weighted by Gasteiger charge is -2.36. The number of ether oxygens (including phenoxy) is 3. The molecule has 2 aliphatic carbocycles. The van der Waals surface area contributed by atoms with Gasteiger partial charge in [-0.25, -0.2) is 0 Å². The first-order chi connectivity index (χ1) is 15.8. The van der Waals surface area contributed by atoms with E-state index in [4.69, 9.17) is 14.2 Å². The number of fused-ring (bicyclic) bond motifs is 3. The van der Waals surface area contributed by atoms with Crippen LogP contribution in [0.1, 0.15) is 81.7 Å². The molecule has 1 fully saturated rings. The van der Waals surface area contributed by atoms with Crippen molar-refractivity contribution in [1.29, 1.82) is 0 Å². The maximum atomic E-state index is 13.5. The van der Waals surface area contributed by atoms with Crippen LogP contribution in [0.3, 0.4) is 0 Å². The van der Waals surface area contributed by atoms with Crippen LogP contribution in [0.2, 0.25) is 0 Å². The Bertz CT molecular complexity index is 1150. The van der Waals surface area contributed by atoms with E-state index in [-0.39, 0.29) is 58.1 Å². The van der Waals surface area contributed by atoms with Gasteiger partial charge in [0.25, 0.3) is 0 Å². The molecule has 2 aromatic carbocycles. The standard InChI is InChI=1S/C25H26O8/c1-11-5-3-8-17(32-11)33-16-10-12(26)9-14-19(16)25(30)21-20(23(14)28)22(27)13-6-4-7-15(31-2)18(13)24(21)29/h4,6-7,11-12,16-17,26,28,30H,3,5,8-10H2,1-2H3/t11-,12?,16-,17?/m0/s1. The minimum absolute atomic E-state index is 0.0189. The number of hydrogen-bond acceptors (Lipinski definition) is 8. The molecule has 8 heteroatoms. The molecule has 1 heterocycles. The lowest BCUT2D eigenvalue weighted by molar-refractivity contribution is -0.218. The van der Waals surface area contributed by atoms with Crippen LogP contribution in [0.25, 0.3) is 0 Å². The molecule has 2 unspecified atom stereocenters. The van der Waals surface area contributed by atoms with Gasteiger partial charge >= 0.3 is 0 Å². The molecule has 4 atom stereocenters. The van der Waals surface area contributed by atoms with Crippen molar-refractivity contribution >= 4 is 11.6 Å². The maximum absolute atomic E-state index is 13.5. The number of benzene rings is 2. The SMILES string of the molecule is COc1cccc2c1C(=O)c1c(O)c3c(c(O)c1C2=O)CC(O)C[C@@H]3OC1CCC[C@H](C)O1.